The van der Waals surface area contributed by atoms with Crippen molar-refractivity contribution in [3.8, 4) is 0 Å². The fourth-order valence-electron chi connectivity index (χ4n) is 2.78. The summed E-state index contributed by atoms with van der Waals surface area (Å²) in [5.74, 6) is 1.92. The second-order valence-corrected chi connectivity index (χ2v) is 6.79. The molecule has 1 rings (SSSR count). The first-order valence-corrected chi connectivity index (χ1v) is 7.95. The van der Waals surface area contributed by atoms with Gasteiger partial charge in [0.25, 0.3) is 0 Å². The summed E-state index contributed by atoms with van der Waals surface area (Å²) in [6.07, 6.45) is 3.58. The van der Waals surface area contributed by atoms with Crippen molar-refractivity contribution in [2.24, 2.45) is 17.8 Å². The number of rotatable bonds is 7. The number of hydrogen-bond donors (Lipinski definition) is 1. The van der Waals surface area contributed by atoms with Crippen molar-refractivity contribution >= 4 is 5.91 Å². The van der Waals surface area contributed by atoms with Gasteiger partial charge in [0.05, 0.1) is 12.2 Å². The summed E-state index contributed by atoms with van der Waals surface area (Å²) >= 11 is 0. The molecule has 0 aliphatic carbocycles. The number of carbonyl (C=O) groups is 1. The lowest BCUT2D eigenvalue weighted by Gasteiger charge is -2.27. The van der Waals surface area contributed by atoms with E-state index in [0.717, 1.165) is 19.4 Å². The molecule has 1 saturated heterocycles. The Labute approximate surface area is 119 Å². The fourth-order valence-corrected chi connectivity index (χ4v) is 2.78. The third kappa shape index (κ3) is 4.20. The van der Waals surface area contributed by atoms with Crippen LogP contribution in [-0.2, 0) is 4.79 Å². The summed E-state index contributed by atoms with van der Waals surface area (Å²) in [6.45, 7) is 14.1. The van der Waals surface area contributed by atoms with Gasteiger partial charge in [0.15, 0.2) is 0 Å². The molecule has 0 aromatic rings. The molecule has 0 aromatic carbocycles. The maximum Gasteiger partial charge on any atom is 0.241 e. The van der Waals surface area contributed by atoms with Crippen LogP contribution in [0.5, 0.6) is 0 Å². The van der Waals surface area contributed by atoms with Gasteiger partial charge in [-0.25, -0.2) is 0 Å². The van der Waals surface area contributed by atoms with Crippen LogP contribution in [0.25, 0.3) is 0 Å². The Morgan fingerprint density at radius 3 is 2.32 bits per heavy atom. The van der Waals surface area contributed by atoms with Gasteiger partial charge in [0.2, 0.25) is 5.91 Å². The third-order valence-electron chi connectivity index (χ3n) is 4.26. The highest BCUT2D eigenvalue weighted by Gasteiger charge is 2.41. The average Bonchev–Trinajstić information content (AvgIpc) is 2.66. The lowest BCUT2D eigenvalue weighted by molar-refractivity contribution is -0.131. The maximum atomic E-state index is 12.6. The van der Waals surface area contributed by atoms with E-state index >= 15 is 0 Å². The first kappa shape index (κ1) is 16.5. The van der Waals surface area contributed by atoms with Gasteiger partial charge in [-0.1, -0.05) is 48.0 Å². The van der Waals surface area contributed by atoms with E-state index in [1.807, 2.05) is 0 Å². The first-order chi connectivity index (χ1) is 8.88. The number of nitrogens with one attached hydrogen (secondary N) is 1. The minimum Gasteiger partial charge on any atom is -0.326 e. The molecule has 0 aromatic heterocycles. The van der Waals surface area contributed by atoms with E-state index < -0.39 is 0 Å². The molecule has 1 fully saturated rings. The molecule has 0 radical (unpaired) electrons. The molecule has 1 heterocycles. The van der Waals surface area contributed by atoms with Crippen LogP contribution in [0.15, 0.2) is 0 Å². The highest BCUT2D eigenvalue weighted by Crippen LogP contribution is 2.24. The van der Waals surface area contributed by atoms with Crippen LogP contribution in [0.2, 0.25) is 0 Å². The van der Waals surface area contributed by atoms with Crippen LogP contribution < -0.4 is 5.32 Å². The van der Waals surface area contributed by atoms with Crippen molar-refractivity contribution in [2.75, 3.05) is 6.54 Å². The van der Waals surface area contributed by atoms with E-state index in [1.54, 1.807) is 0 Å². The van der Waals surface area contributed by atoms with Gasteiger partial charge in [0.1, 0.15) is 0 Å². The van der Waals surface area contributed by atoms with Crippen LogP contribution in [-0.4, -0.2) is 29.6 Å². The monoisotopic (exact) mass is 268 g/mol. The Balaban J connectivity index is 2.66. The summed E-state index contributed by atoms with van der Waals surface area (Å²) in [5.41, 5.74) is 0. The van der Waals surface area contributed by atoms with Crippen molar-refractivity contribution < 1.29 is 4.79 Å². The molecule has 1 N–H and O–H groups in total. The van der Waals surface area contributed by atoms with Crippen LogP contribution in [0, 0.1) is 17.8 Å². The topological polar surface area (TPSA) is 32.3 Å². The number of amides is 1. The van der Waals surface area contributed by atoms with E-state index in [2.05, 4.69) is 51.8 Å². The Bertz CT molecular complexity index is 288. The predicted octanol–water partition coefficient (Wildman–Crippen LogP) is 3.25. The molecule has 0 bridgehead atoms. The highest BCUT2D eigenvalue weighted by molar-refractivity contribution is 5.84. The minimum absolute atomic E-state index is 0.0245. The van der Waals surface area contributed by atoms with Crippen LogP contribution in [0.4, 0.5) is 0 Å². The molecule has 19 heavy (non-hydrogen) atoms. The van der Waals surface area contributed by atoms with E-state index in [1.165, 1.54) is 6.42 Å². The normalized spacial score (nSPS) is 25.7. The van der Waals surface area contributed by atoms with Gasteiger partial charge >= 0.3 is 0 Å². The van der Waals surface area contributed by atoms with Crippen molar-refractivity contribution in [1.82, 2.24) is 10.2 Å². The first-order valence-electron chi connectivity index (χ1n) is 7.95. The van der Waals surface area contributed by atoms with E-state index in [-0.39, 0.29) is 12.2 Å². The Hall–Kier alpha value is -0.570. The van der Waals surface area contributed by atoms with E-state index in [0.29, 0.717) is 23.7 Å². The largest absolute Gasteiger partial charge is 0.326 e. The zero-order valence-corrected chi connectivity index (χ0v) is 13.6. The predicted molar refractivity (Wildman–Crippen MR) is 80.8 cm³/mol. The zero-order chi connectivity index (χ0) is 14.6. The van der Waals surface area contributed by atoms with Crippen LogP contribution in [0.3, 0.4) is 0 Å². The molecule has 3 heteroatoms. The second-order valence-electron chi connectivity index (χ2n) is 6.79. The third-order valence-corrected chi connectivity index (χ3v) is 4.26. The summed E-state index contributed by atoms with van der Waals surface area (Å²) in [7, 11) is 0. The van der Waals surface area contributed by atoms with Gasteiger partial charge in [-0.3, -0.25) is 10.1 Å². The van der Waals surface area contributed by atoms with E-state index in [4.69, 9.17) is 0 Å². The van der Waals surface area contributed by atoms with Gasteiger partial charge in [-0.15, -0.1) is 0 Å². The lowest BCUT2D eigenvalue weighted by Crippen LogP contribution is -2.42. The standard InChI is InChI=1S/C16H32N2O/c1-7-13(6)14-16(19)18(10-8-9-11(2)3)15(17-14)12(4)5/h11-15,17H,7-10H2,1-6H3. The maximum absolute atomic E-state index is 12.6. The Morgan fingerprint density at radius 1 is 1.21 bits per heavy atom. The molecule has 0 saturated carbocycles. The fraction of sp³-hybridized carbons (Fsp3) is 0.938. The average molecular weight is 268 g/mol. The van der Waals surface area contributed by atoms with Gasteiger partial charge in [-0.05, 0) is 30.6 Å². The second kappa shape index (κ2) is 7.28. The molecule has 1 aliphatic rings. The quantitative estimate of drug-likeness (QED) is 0.768. The van der Waals surface area contributed by atoms with Crippen molar-refractivity contribution in [3.63, 3.8) is 0 Å². The summed E-state index contributed by atoms with van der Waals surface area (Å²) in [5, 5.41) is 3.56. The SMILES string of the molecule is CCC(C)C1NC(C(C)C)N(CCCC(C)C)C1=O. The highest BCUT2D eigenvalue weighted by atomic mass is 16.2. The van der Waals surface area contributed by atoms with Gasteiger partial charge in [0, 0.05) is 6.54 Å². The molecular weight excluding hydrogens is 236 g/mol. The van der Waals surface area contributed by atoms with Gasteiger partial charge < -0.3 is 4.90 Å². The number of hydrogen-bond acceptors (Lipinski definition) is 2. The van der Waals surface area contributed by atoms with Crippen molar-refractivity contribution in [3.05, 3.63) is 0 Å². The van der Waals surface area contributed by atoms with Gasteiger partial charge in [-0.2, -0.15) is 0 Å². The molecule has 0 spiro atoms. The molecule has 1 aliphatic heterocycles. The Morgan fingerprint density at radius 2 is 1.84 bits per heavy atom. The summed E-state index contributed by atoms with van der Waals surface area (Å²) in [4.78, 5) is 14.6. The number of carbonyl (C=O) groups excluding carboxylic acids is 1. The molecule has 3 nitrogen and oxygen atoms in total. The summed E-state index contributed by atoms with van der Waals surface area (Å²) in [6, 6.07) is 0.0245. The zero-order valence-electron chi connectivity index (χ0n) is 13.6. The van der Waals surface area contributed by atoms with Crippen molar-refractivity contribution in [2.45, 2.75) is 73.0 Å². The lowest BCUT2D eigenvalue weighted by atomic mass is 9.99. The summed E-state index contributed by atoms with van der Waals surface area (Å²) < 4.78 is 0. The molecular formula is C16H32N2O. The van der Waals surface area contributed by atoms with Crippen LogP contribution in [0.1, 0.15) is 60.8 Å². The molecule has 1 amide bonds. The minimum atomic E-state index is 0.0245. The van der Waals surface area contributed by atoms with Crippen LogP contribution >= 0.6 is 0 Å². The molecule has 112 valence electrons. The van der Waals surface area contributed by atoms with Crippen molar-refractivity contribution in [1.29, 1.82) is 0 Å². The smallest absolute Gasteiger partial charge is 0.241 e. The Kier molecular flexibility index (Phi) is 6.31. The number of nitrogens with zero attached hydrogens (tertiary/aromatic N) is 1. The molecule has 3 unspecified atom stereocenters. The van der Waals surface area contributed by atoms with E-state index in [9.17, 15) is 4.79 Å². The molecule has 3 atom stereocenters.